The monoisotopic (exact) mass is 578 g/mol. The van der Waals surface area contributed by atoms with Gasteiger partial charge in [0.15, 0.2) is 17.3 Å². The number of phenolic OH excluding ortho intramolecular Hbond substituents is 2. The van der Waals surface area contributed by atoms with Gasteiger partial charge >= 0.3 is 0 Å². The molecule has 0 amide bonds. The zero-order valence-electron chi connectivity index (χ0n) is 22.6. The van der Waals surface area contributed by atoms with E-state index < -0.39 is 0 Å². The fourth-order valence-corrected chi connectivity index (χ4v) is 7.86. The van der Waals surface area contributed by atoms with Crippen LogP contribution in [0.3, 0.4) is 0 Å². The average Bonchev–Trinajstić information content (AvgIpc) is 2.93. The molecule has 1 aliphatic rings. The van der Waals surface area contributed by atoms with Crippen LogP contribution >= 0.6 is 21.6 Å². The summed E-state index contributed by atoms with van der Waals surface area (Å²) in [7, 11) is 4.83. The Hall–Kier alpha value is -3.43. The molecule has 7 nitrogen and oxygen atoms in total. The molecule has 40 heavy (non-hydrogen) atoms. The Morgan fingerprint density at radius 3 is 2.67 bits per heavy atom. The molecule has 0 saturated carbocycles. The van der Waals surface area contributed by atoms with Crippen molar-refractivity contribution in [3.05, 3.63) is 82.6 Å². The van der Waals surface area contributed by atoms with Crippen molar-refractivity contribution in [2.75, 3.05) is 18.6 Å². The maximum absolute atomic E-state index is 12.6. The number of anilines is 1. The number of nitrogens with zero attached hydrogens (tertiary/aromatic N) is 1. The molecule has 2 heterocycles. The van der Waals surface area contributed by atoms with E-state index in [-0.39, 0.29) is 40.5 Å². The molecular weight excluding hydrogens is 544 g/mol. The number of rotatable bonds is 3. The lowest BCUT2D eigenvalue weighted by Crippen LogP contribution is -2.10. The number of carbonyl (C=O) groups is 2. The van der Waals surface area contributed by atoms with E-state index in [0.29, 0.717) is 30.1 Å². The van der Waals surface area contributed by atoms with E-state index >= 15 is 0 Å². The van der Waals surface area contributed by atoms with Crippen molar-refractivity contribution < 1.29 is 24.5 Å². The first kappa shape index (κ1) is 29.6. The van der Waals surface area contributed by atoms with E-state index in [1.54, 1.807) is 58.1 Å². The second-order valence-electron chi connectivity index (χ2n) is 9.90. The largest absolute Gasteiger partial charge is 0.508 e. The first-order chi connectivity index (χ1) is 19.3. The lowest BCUT2D eigenvalue weighted by molar-refractivity contribution is -0.124. The highest BCUT2D eigenvalue weighted by atomic mass is 33.1. The summed E-state index contributed by atoms with van der Waals surface area (Å²) in [4.78, 5) is 29.7. The third-order valence-electron chi connectivity index (χ3n) is 6.99. The molecule has 210 valence electrons. The molecule has 2 bridgehead atoms. The van der Waals surface area contributed by atoms with Gasteiger partial charge in [-0.25, -0.2) is 4.98 Å². The third-order valence-corrected chi connectivity index (χ3v) is 9.85. The Morgan fingerprint density at radius 1 is 1.10 bits per heavy atom. The number of carbonyl (C=O) groups excluding carboxylic acids is 2. The van der Waals surface area contributed by atoms with Gasteiger partial charge in [0.05, 0.1) is 18.8 Å². The van der Waals surface area contributed by atoms with E-state index in [1.807, 2.05) is 18.2 Å². The molecule has 9 heteroatoms. The van der Waals surface area contributed by atoms with Gasteiger partial charge in [0.2, 0.25) is 0 Å². The Bertz CT molecular complexity index is 1410. The van der Waals surface area contributed by atoms with Crippen molar-refractivity contribution in [3.8, 4) is 17.2 Å². The van der Waals surface area contributed by atoms with Crippen molar-refractivity contribution in [1.82, 2.24) is 4.98 Å². The summed E-state index contributed by atoms with van der Waals surface area (Å²) in [5.41, 5.74) is 10.5. The van der Waals surface area contributed by atoms with Gasteiger partial charge in [-0.15, -0.1) is 0 Å². The van der Waals surface area contributed by atoms with Crippen molar-refractivity contribution in [1.29, 1.82) is 0 Å². The van der Waals surface area contributed by atoms with Crippen molar-refractivity contribution in [2.24, 2.45) is 5.92 Å². The van der Waals surface area contributed by atoms with E-state index in [4.69, 9.17) is 10.5 Å². The molecule has 0 unspecified atom stereocenters. The molecule has 3 aromatic rings. The molecule has 2 atom stereocenters. The summed E-state index contributed by atoms with van der Waals surface area (Å²) < 4.78 is 5.30. The number of ketones is 2. The van der Waals surface area contributed by atoms with E-state index in [1.165, 1.54) is 13.2 Å². The van der Waals surface area contributed by atoms with Crippen LogP contribution in [-0.4, -0.2) is 39.6 Å². The van der Waals surface area contributed by atoms with E-state index in [2.05, 4.69) is 11.9 Å². The highest BCUT2D eigenvalue weighted by Crippen LogP contribution is 2.46. The van der Waals surface area contributed by atoms with Gasteiger partial charge in [0, 0.05) is 23.9 Å². The predicted octanol–water partition coefficient (Wildman–Crippen LogP) is 6.51. The Balaban J connectivity index is 1.79. The maximum Gasteiger partial charge on any atom is 0.163 e. The molecule has 0 spiro atoms. The summed E-state index contributed by atoms with van der Waals surface area (Å²) in [6.07, 6.45) is 7.07. The van der Waals surface area contributed by atoms with Crippen LogP contribution in [0.1, 0.15) is 65.7 Å². The molecule has 4 rings (SSSR count). The molecule has 4 N–H and O–H groups in total. The average molecular weight is 579 g/mol. The van der Waals surface area contributed by atoms with Crippen molar-refractivity contribution in [2.45, 2.75) is 44.3 Å². The van der Waals surface area contributed by atoms with Gasteiger partial charge in [-0.05, 0) is 77.4 Å². The van der Waals surface area contributed by atoms with Crippen LogP contribution in [0, 0.1) is 5.92 Å². The number of fused-ring (bicyclic) bond motifs is 3. The first-order valence-corrected chi connectivity index (χ1v) is 15.6. The van der Waals surface area contributed by atoms with Gasteiger partial charge in [-0.2, -0.15) is 0 Å². The number of ether oxygens (including phenoxy) is 1. The standard InChI is InChI=1S/C31H34N2O5S2/c1-3-19-7-9-25(35)16-26(36)10-8-21-15-29(38-2)28(37)14-23(21)11-20-12-27(31(32)33-17-20)30(40-39-18-19)22-5-4-6-24(34)13-22/h4-6,8,10,12-15,17,19,30,34,37H,3,7,9,11,16,18H2,1-2H3,(H2,32,33)/t19-,30+/m1/s1. The van der Waals surface area contributed by atoms with E-state index in [9.17, 15) is 19.8 Å². The number of hydrogen-bond donors (Lipinski definition) is 3. The molecule has 1 aliphatic heterocycles. The normalized spacial score (nSPS) is 18.9. The maximum atomic E-state index is 12.6. The second-order valence-corrected chi connectivity index (χ2v) is 12.4. The number of allylic oxidation sites excluding steroid dienone is 1. The number of methoxy groups -OCH3 is 1. The second kappa shape index (κ2) is 13.8. The number of Topliss-reactive ketones (excluding diaryl/α,β-unsaturated/α-hetero) is 1. The van der Waals surface area contributed by atoms with Crippen LogP contribution in [0.25, 0.3) is 6.08 Å². The molecule has 0 saturated heterocycles. The Kier molecular flexibility index (Phi) is 10.2. The molecular formula is C31H34N2O5S2. The zero-order valence-corrected chi connectivity index (χ0v) is 24.3. The van der Waals surface area contributed by atoms with Crippen LogP contribution in [0.2, 0.25) is 0 Å². The van der Waals surface area contributed by atoms with Crippen molar-refractivity contribution >= 4 is 45.0 Å². The number of nitrogen functional groups attached to an aromatic ring is 1. The van der Waals surface area contributed by atoms with Crippen LogP contribution in [0.4, 0.5) is 5.82 Å². The smallest absolute Gasteiger partial charge is 0.163 e. The third kappa shape index (κ3) is 7.61. The number of aromatic hydroxyl groups is 2. The van der Waals surface area contributed by atoms with E-state index in [0.717, 1.165) is 40.8 Å². The van der Waals surface area contributed by atoms with Gasteiger partial charge in [-0.3, -0.25) is 9.59 Å². The number of nitrogens with two attached hydrogens (primary N) is 1. The summed E-state index contributed by atoms with van der Waals surface area (Å²) in [5, 5.41) is 20.5. The molecule has 1 aromatic heterocycles. The van der Waals surface area contributed by atoms with Gasteiger partial charge in [0.25, 0.3) is 0 Å². The minimum Gasteiger partial charge on any atom is -0.508 e. The number of phenols is 2. The lowest BCUT2D eigenvalue weighted by Gasteiger charge is -2.21. The number of pyridine rings is 1. The fraction of sp³-hybridized carbons (Fsp3) is 0.323. The highest BCUT2D eigenvalue weighted by Gasteiger charge is 2.22. The quantitative estimate of drug-likeness (QED) is 0.236. The van der Waals surface area contributed by atoms with Crippen LogP contribution < -0.4 is 10.5 Å². The number of benzene rings is 2. The fourth-order valence-electron chi connectivity index (χ4n) is 4.64. The summed E-state index contributed by atoms with van der Waals surface area (Å²) in [5.74, 6) is 1.68. The molecule has 0 aliphatic carbocycles. The van der Waals surface area contributed by atoms with Gasteiger partial charge < -0.3 is 20.7 Å². The van der Waals surface area contributed by atoms with Crippen LogP contribution in [0.15, 0.2) is 54.7 Å². The summed E-state index contributed by atoms with van der Waals surface area (Å²) >= 11 is 0. The zero-order chi connectivity index (χ0) is 28.6. The topological polar surface area (TPSA) is 123 Å². The summed E-state index contributed by atoms with van der Waals surface area (Å²) in [6, 6.07) is 12.5. The number of hydrogen-bond acceptors (Lipinski definition) is 9. The lowest BCUT2D eigenvalue weighted by atomic mass is 9.96. The summed E-state index contributed by atoms with van der Waals surface area (Å²) in [6.45, 7) is 2.11. The minimum absolute atomic E-state index is 0.0167. The Labute approximate surface area is 242 Å². The van der Waals surface area contributed by atoms with Crippen LogP contribution in [-0.2, 0) is 16.0 Å². The molecule has 0 radical (unpaired) electrons. The van der Waals surface area contributed by atoms with Gasteiger partial charge in [-0.1, -0.05) is 53.1 Å². The van der Waals surface area contributed by atoms with Crippen LogP contribution in [0.5, 0.6) is 17.2 Å². The predicted molar refractivity (Wildman–Crippen MR) is 163 cm³/mol. The Morgan fingerprint density at radius 2 is 1.93 bits per heavy atom. The van der Waals surface area contributed by atoms with Crippen molar-refractivity contribution in [3.63, 3.8) is 0 Å². The first-order valence-electron chi connectivity index (χ1n) is 13.2. The SMILES string of the molecule is CC[C@@H]1CCC(=O)CC(=O)C=Cc2cc(OC)c(O)cc2Cc2cnc(N)c(c2)[C@H](c2cccc(O)c2)SSC1. The number of aromatic nitrogens is 1. The van der Waals surface area contributed by atoms with Gasteiger partial charge in [0.1, 0.15) is 17.4 Å². The highest BCUT2D eigenvalue weighted by molar-refractivity contribution is 8.76. The minimum atomic E-state index is -0.257. The molecule has 0 fully saturated rings. The molecule has 2 aromatic carbocycles.